The van der Waals surface area contributed by atoms with Gasteiger partial charge < -0.3 is 9.47 Å². The van der Waals surface area contributed by atoms with Crippen molar-refractivity contribution < 1.29 is 23.9 Å². The van der Waals surface area contributed by atoms with E-state index in [0.717, 1.165) is 0 Å². The molecule has 2 aromatic carbocycles. The molecule has 0 bridgehead atoms. The van der Waals surface area contributed by atoms with Crippen LogP contribution in [0.15, 0.2) is 42.5 Å². The highest BCUT2D eigenvalue weighted by Crippen LogP contribution is 2.22. The number of hydrogen-bond donors (Lipinski definition) is 0. The van der Waals surface area contributed by atoms with E-state index in [9.17, 15) is 14.4 Å². The summed E-state index contributed by atoms with van der Waals surface area (Å²) in [7, 11) is 1.50. The predicted molar refractivity (Wildman–Crippen MR) is 83.9 cm³/mol. The Morgan fingerprint density at radius 3 is 2.52 bits per heavy atom. The van der Waals surface area contributed by atoms with Gasteiger partial charge in [0.15, 0.2) is 12.1 Å². The van der Waals surface area contributed by atoms with E-state index in [0.29, 0.717) is 23.2 Å². The summed E-state index contributed by atoms with van der Waals surface area (Å²) in [5, 5.41) is 0. The summed E-state index contributed by atoms with van der Waals surface area (Å²) in [5.41, 5.74) is 1.55. The summed E-state index contributed by atoms with van der Waals surface area (Å²) in [5.74, 6) is -0.180. The molecule has 0 N–H and O–H groups in total. The molecule has 0 unspecified atom stereocenters. The summed E-state index contributed by atoms with van der Waals surface area (Å²) >= 11 is 0. The van der Waals surface area contributed by atoms with Crippen LogP contribution in [0.3, 0.4) is 0 Å². The third-order valence-corrected chi connectivity index (χ3v) is 3.35. The van der Waals surface area contributed by atoms with Gasteiger partial charge in [-0.1, -0.05) is 18.2 Å². The zero-order chi connectivity index (χ0) is 16.8. The molecule has 2 rings (SSSR count). The first-order valence-corrected chi connectivity index (χ1v) is 6.96. The number of ether oxygens (including phenoxy) is 2. The molecule has 23 heavy (non-hydrogen) atoms. The van der Waals surface area contributed by atoms with Crippen LogP contribution in [-0.2, 0) is 11.3 Å². The van der Waals surface area contributed by atoms with Crippen molar-refractivity contribution in [3.8, 4) is 5.75 Å². The van der Waals surface area contributed by atoms with Gasteiger partial charge in [-0.2, -0.15) is 0 Å². The summed E-state index contributed by atoms with van der Waals surface area (Å²) in [4.78, 5) is 34.5. The second-order valence-corrected chi connectivity index (χ2v) is 4.86. The largest absolute Gasteiger partial charge is 0.496 e. The first-order chi connectivity index (χ1) is 11.1. The SMILES string of the molecule is COc1ccc(C(C)=O)cc1COC(=O)c1ccccc1C=O. The molecular formula is C18H16O5. The zero-order valence-electron chi connectivity index (χ0n) is 12.9. The van der Waals surface area contributed by atoms with Gasteiger partial charge in [-0.05, 0) is 31.2 Å². The Kier molecular flexibility index (Phi) is 5.25. The van der Waals surface area contributed by atoms with Crippen molar-refractivity contribution in [3.63, 3.8) is 0 Å². The number of methoxy groups -OCH3 is 1. The lowest BCUT2D eigenvalue weighted by atomic mass is 10.1. The fourth-order valence-corrected chi connectivity index (χ4v) is 2.12. The van der Waals surface area contributed by atoms with Gasteiger partial charge in [0.05, 0.1) is 12.7 Å². The summed E-state index contributed by atoms with van der Waals surface area (Å²) in [6.07, 6.45) is 0.605. The normalized spacial score (nSPS) is 10.0. The number of carbonyl (C=O) groups is 3. The van der Waals surface area contributed by atoms with Gasteiger partial charge in [-0.25, -0.2) is 4.79 Å². The quantitative estimate of drug-likeness (QED) is 0.466. The van der Waals surface area contributed by atoms with Crippen LogP contribution in [0.25, 0.3) is 0 Å². The number of esters is 1. The number of benzene rings is 2. The van der Waals surface area contributed by atoms with Crippen molar-refractivity contribution in [3.05, 3.63) is 64.7 Å². The average Bonchev–Trinajstić information content (AvgIpc) is 2.59. The topological polar surface area (TPSA) is 69.7 Å². The second kappa shape index (κ2) is 7.35. The number of carbonyl (C=O) groups excluding carboxylic acids is 3. The number of Topliss-reactive ketones (excluding diaryl/α,β-unsaturated/α-hetero) is 1. The van der Waals surface area contributed by atoms with Gasteiger partial charge in [0.1, 0.15) is 12.4 Å². The molecule has 0 aromatic heterocycles. The van der Waals surface area contributed by atoms with Gasteiger partial charge in [-0.15, -0.1) is 0 Å². The fraction of sp³-hybridized carbons (Fsp3) is 0.167. The maximum absolute atomic E-state index is 12.1. The van der Waals surface area contributed by atoms with E-state index < -0.39 is 5.97 Å². The Bertz CT molecular complexity index is 749. The van der Waals surface area contributed by atoms with E-state index in [1.165, 1.54) is 20.1 Å². The molecule has 0 heterocycles. The molecule has 0 aliphatic rings. The van der Waals surface area contributed by atoms with Crippen LogP contribution in [-0.4, -0.2) is 25.1 Å². The van der Waals surface area contributed by atoms with Crippen LogP contribution < -0.4 is 4.74 Å². The highest BCUT2D eigenvalue weighted by Gasteiger charge is 2.14. The minimum absolute atomic E-state index is 0.0592. The van der Waals surface area contributed by atoms with Gasteiger partial charge in [0.2, 0.25) is 0 Å². The minimum Gasteiger partial charge on any atom is -0.496 e. The Morgan fingerprint density at radius 2 is 1.87 bits per heavy atom. The molecule has 0 saturated heterocycles. The Labute approximate surface area is 133 Å². The molecule has 0 radical (unpaired) electrons. The molecule has 0 aliphatic carbocycles. The molecule has 118 valence electrons. The Balaban J connectivity index is 2.19. The van der Waals surface area contributed by atoms with Crippen molar-refractivity contribution in [1.29, 1.82) is 0 Å². The van der Waals surface area contributed by atoms with E-state index in [2.05, 4.69) is 0 Å². The predicted octanol–water partition coefficient (Wildman–Crippen LogP) is 3.07. The summed E-state index contributed by atoms with van der Waals surface area (Å²) in [6.45, 7) is 1.40. The monoisotopic (exact) mass is 312 g/mol. The standard InChI is InChI=1S/C18H16O5/c1-12(20)13-7-8-17(22-2)15(9-13)11-23-18(21)16-6-4-3-5-14(16)10-19/h3-10H,11H2,1-2H3. The van der Waals surface area contributed by atoms with Crippen LogP contribution >= 0.6 is 0 Å². The third kappa shape index (κ3) is 3.83. The van der Waals surface area contributed by atoms with E-state index in [1.54, 1.807) is 36.4 Å². The Morgan fingerprint density at radius 1 is 1.13 bits per heavy atom. The highest BCUT2D eigenvalue weighted by molar-refractivity contribution is 5.98. The third-order valence-electron chi connectivity index (χ3n) is 3.35. The summed E-state index contributed by atoms with van der Waals surface area (Å²) in [6, 6.07) is 11.3. The molecule has 0 aliphatic heterocycles. The van der Waals surface area contributed by atoms with E-state index in [1.807, 2.05) is 0 Å². The van der Waals surface area contributed by atoms with Crippen molar-refractivity contribution in [2.75, 3.05) is 7.11 Å². The first-order valence-electron chi connectivity index (χ1n) is 6.96. The van der Waals surface area contributed by atoms with E-state index >= 15 is 0 Å². The zero-order valence-corrected chi connectivity index (χ0v) is 12.9. The molecule has 0 saturated carbocycles. The van der Waals surface area contributed by atoms with Crippen LogP contribution in [0.5, 0.6) is 5.75 Å². The minimum atomic E-state index is -0.608. The van der Waals surface area contributed by atoms with Crippen LogP contribution in [0, 0.1) is 0 Å². The van der Waals surface area contributed by atoms with Gasteiger partial charge in [0, 0.05) is 16.7 Å². The average molecular weight is 312 g/mol. The maximum atomic E-state index is 12.1. The second-order valence-electron chi connectivity index (χ2n) is 4.86. The smallest absolute Gasteiger partial charge is 0.339 e. The number of rotatable bonds is 6. The maximum Gasteiger partial charge on any atom is 0.339 e. The number of hydrogen-bond acceptors (Lipinski definition) is 5. The molecule has 0 amide bonds. The number of aldehydes is 1. The molecule has 5 nitrogen and oxygen atoms in total. The molecule has 0 atom stereocenters. The van der Waals surface area contributed by atoms with Crippen LogP contribution in [0.2, 0.25) is 0 Å². The van der Waals surface area contributed by atoms with E-state index in [-0.39, 0.29) is 23.5 Å². The molecule has 5 heteroatoms. The molecular weight excluding hydrogens is 296 g/mol. The first kappa shape index (κ1) is 16.4. The molecule has 0 fully saturated rings. The van der Waals surface area contributed by atoms with Crippen molar-refractivity contribution in [2.24, 2.45) is 0 Å². The lowest BCUT2D eigenvalue weighted by Crippen LogP contribution is -2.09. The Hall–Kier alpha value is -2.95. The van der Waals surface area contributed by atoms with E-state index in [4.69, 9.17) is 9.47 Å². The summed E-state index contributed by atoms with van der Waals surface area (Å²) < 4.78 is 10.4. The van der Waals surface area contributed by atoms with Crippen molar-refractivity contribution in [1.82, 2.24) is 0 Å². The van der Waals surface area contributed by atoms with Gasteiger partial charge in [-0.3, -0.25) is 9.59 Å². The van der Waals surface area contributed by atoms with Crippen molar-refractivity contribution >= 4 is 18.0 Å². The molecule has 0 spiro atoms. The molecule has 2 aromatic rings. The lowest BCUT2D eigenvalue weighted by Gasteiger charge is -2.11. The van der Waals surface area contributed by atoms with Crippen LogP contribution in [0.4, 0.5) is 0 Å². The van der Waals surface area contributed by atoms with Crippen LogP contribution in [0.1, 0.15) is 43.6 Å². The van der Waals surface area contributed by atoms with Crippen molar-refractivity contribution in [2.45, 2.75) is 13.5 Å². The number of ketones is 1. The lowest BCUT2D eigenvalue weighted by molar-refractivity contribution is 0.0468. The van der Waals surface area contributed by atoms with Gasteiger partial charge in [0.25, 0.3) is 0 Å². The highest BCUT2D eigenvalue weighted by atomic mass is 16.5. The fourth-order valence-electron chi connectivity index (χ4n) is 2.12. The van der Waals surface area contributed by atoms with Gasteiger partial charge >= 0.3 is 5.97 Å².